The van der Waals surface area contributed by atoms with Crippen LogP contribution in [-0.2, 0) is 0 Å². The first-order valence-electron chi connectivity index (χ1n) is 5.94. The molecule has 1 atom stereocenters. The molecule has 2 N–H and O–H groups in total. The molecule has 1 aromatic rings. The Morgan fingerprint density at radius 3 is 2.42 bits per heavy atom. The van der Waals surface area contributed by atoms with Crippen molar-refractivity contribution >= 4 is 11.6 Å². The van der Waals surface area contributed by atoms with Gasteiger partial charge >= 0.3 is 6.18 Å². The molecule has 1 aromatic heterocycles. The predicted molar refractivity (Wildman–Crippen MR) is 65.1 cm³/mol. The normalized spacial score (nSPS) is 21.1. The Kier molecular flexibility index (Phi) is 4.03. The molecule has 1 aliphatic heterocycles. The highest BCUT2D eigenvalue weighted by Crippen LogP contribution is 2.45. The summed E-state index contributed by atoms with van der Waals surface area (Å²) >= 11 is 5.63. The summed E-state index contributed by atoms with van der Waals surface area (Å²) in [6.07, 6.45) is -3.30. The molecule has 0 unspecified atom stereocenters. The highest BCUT2D eigenvalue weighted by molar-refractivity contribution is 6.30. The van der Waals surface area contributed by atoms with E-state index in [9.17, 15) is 18.3 Å². The summed E-state index contributed by atoms with van der Waals surface area (Å²) < 4.78 is 39.8. The average Bonchev–Trinajstić information content (AvgIpc) is 2.31. The molecule has 0 saturated carbocycles. The van der Waals surface area contributed by atoms with E-state index in [1.807, 2.05) is 0 Å². The highest BCUT2D eigenvalue weighted by Gasteiger charge is 2.54. The van der Waals surface area contributed by atoms with Gasteiger partial charge in [-0.3, -0.25) is 4.98 Å². The van der Waals surface area contributed by atoms with Crippen LogP contribution in [0.3, 0.4) is 0 Å². The summed E-state index contributed by atoms with van der Waals surface area (Å²) in [5.41, 5.74) is -2.01. The number of rotatable bonds is 2. The topological polar surface area (TPSA) is 45.2 Å². The Morgan fingerprint density at radius 2 is 1.95 bits per heavy atom. The number of alkyl halides is 3. The van der Waals surface area contributed by atoms with Gasteiger partial charge in [0.2, 0.25) is 0 Å². The standard InChI is InChI=1S/C12H14ClF3N2O/c13-8-1-2-9(18-7-8)10(12(14,15)16)11(19)3-5-17-6-4-11/h1-2,7,10,17,19H,3-6H2/t10-/m1/s1. The van der Waals surface area contributed by atoms with Crippen LogP contribution in [0.15, 0.2) is 18.3 Å². The van der Waals surface area contributed by atoms with Crippen molar-refractivity contribution in [3.05, 3.63) is 29.0 Å². The molecule has 0 amide bonds. The Bertz CT molecular complexity index is 430. The molecule has 0 bridgehead atoms. The Labute approximate surface area is 113 Å². The van der Waals surface area contributed by atoms with Crippen molar-refractivity contribution in [1.29, 1.82) is 0 Å². The Morgan fingerprint density at radius 1 is 1.32 bits per heavy atom. The third-order valence-electron chi connectivity index (χ3n) is 3.38. The van der Waals surface area contributed by atoms with Crippen molar-refractivity contribution in [1.82, 2.24) is 10.3 Å². The summed E-state index contributed by atoms with van der Waals surface area (Å²) in [6.45, 7) is 0.716. The van der Waals surface area contributed by atoms with Crippen LogP contribution < -0.4 is 5.32 Å². The minimum absolute atomic E-state index is 0.0431. The van der Waals surface area contributed by atoms with Crippen molar-refractivity contribution in [3.8, 4) is 0 Å². The number of hydrogen-bond acceptors (Lipinski definition) is 3. The Hall–Kier alpha value is -0.850. The molecule has 1 aliphatic rings. The molecule has 2 rings (SSSR count). The zero-order valence-electron chi connectivity index (χ0n) is 10.0. The van der Waals surface area contributed by atoms with Crippen LogP contribution in [0.25, 0.3) is 0 Å². The number of nitrogens with one attached hydrogen (secondary N) is 1. The zero-order chi connectivity index (χ0) is 14.1. The van der Waals surface area contributed by atoms with Gasteiger partial charge in [-0.25, -0.2) is 0 Å². The number of aliphatic hydroxyl groups is 1. The predicted octanol–water partition coefficient (Wildman–Crippen LogP) is 2.50. The van der Waals surface area contributed by atoms with Crippen LogP contribution in [-0.4, -0.2) is 35.0 Å². The van der Waals surface area contributed by atoms with Crippen LogP contribution in [0, 0.1) is 0 Å². The van der Waals surface area contributed by atoms with E-state index in [0.29, 0.717) is 13.1 Å². The number of nitrogens with zero attached hydrogens (tertiary/aromatic N) is 1. The third-order valence-corrected chi connectivity index (χ3v) is 3.60. The van der Waals surface area contributed by atoms with Crippen LogP contribution >= 0.6 is 11.6 Å². The second kappa shape index (κ2) is 5.26. The first-order chi connectivity index (χ1) is 8.83. The van der Waals surface area contributed by atoms with Gasteiger partial charge in [-0.05, 0) is 38.1 Å². The molecule has 19 heavy (non-hydrogen) atoms. The van der Waals surface area contributed by atoms with Gasteiger partial charge in [0.25, 0.3) is 0 Å². The van der Waals surface area contributed by atoms with E-state index in [-0.39, 0.29) is 23.6 Å². The van der Waals surface area contributed by atoms with Gasteiger partial charge in [-0.1, -0.05) is 11.6 Å². The highest BCUT2D eigenvalue weighted by atomic mass is 35.5. The summed E-state index contributed by atoms with van der Waals surface area (Å²) in [4.78, 5) is 3.73. The lowest BCUT2D eigenvalue weighted by Gasteiger charge is -2.39. The van der Waals surface area contributed by atoms with E-state index in [1.165, 1.54) is 18.3 Å². The number of hydrogen-bond donors (Lipinski definition) is 2. The fourth-order valence-electron chi connectivity index (χ4n) is 2.45. The van der Waals surface area contributed by atoms with E-state index in [1.54, 1.807) is 0 Å². The monoisotopic (exact) mass is 294 g/mol. The van der Waals surface area contributed by atoms with Crippen molar-refractivity contribution in [2.75, 3.05) is 13.1 Å². The van der Waals surface area contributed by atoms with E-state index < -0.39 is 17.7 Å². The lowest BCUT2D eigenvalue weighted by molar-refractivity contribution is -0.202. The molecule has 0 spiro atoms. The first-order valence-corrected chi connectivity index (χ1v) is 6.32. The smallest absolute Gasteiger partial charge is 0.389 e. The molecule has 106 valence electrons. The summed E-state index contributed by atoms with van der Waals surface area (Å²) in [5, 5.41) is 13.6. The van der Waals surface area contributed by atoms with Crippen LogP contribution in [0.4, 0.5) is 13.2 Å². The quantitative estimate of drug-likeness (QED) is 0.881. The SMILES string of the molecule is OC1([C@@H](c2ccc(Cl)cn2)C(F)(F)F)CCNCC1. The minimum atomic E-state index is -4.55. The fourth-order valence-corrected chi connectivity index (χ4v) is 2.57. The van der Waals surface area contributed by atoms with Gasteiger partial charge in [0.05, 0.1) is 16.3 Å². The van der Waals surface area contributed by atoms with E-state index in [4.69, 9.17) is 11.6 Å². The molecule has 1 saturated heterocycles. The molecule has 0 aromatic carbocycles. The minimum Gasteiger partial charge on any atom is -0.389 e. The van der Waals surface area contributed by atoms with Crippen LogP contribution in [0.2, 0.25) is 5.02 Å². The average molecular weight is 295 g/mol. The van der Waals surface area contributed by atoms with Gasteiger partial charge < -0.3 is 10.4 Å². The number of piperidine rings is 1. The second-order valence-electron chi connectivity index (χ2n) is 4.73. The maximum atomic E-state index is 13.3. The number of pyridine rings is 1. The largest absolute Gasteiger partial charge is 0.400 e. The van der Waals surface area contributed by atoms with Crippen molar-refractivity contribution in [3.63, 3.8) is 0 Å². The van der Waals surface area contributed by atoms with Gasteiger partial charge in [0, 0.05) is 6.20 Å². The van der Waals surface area contributed by atoms with E-state index in [2.05, 4.69) is 10.3 Å². The molecule has 2 heterocycles. The van der Waals surface area contributed by atoms with Crippen molar-refractivity contribution in [2.24, 2.45) is 0 Å². The molecular formula is C12H14ClF3N2O. The molecule has 3 nitrogen and oxygen atoms in total. The van der Waals surface area contributed by atoms with Gasteiger partial charge in [0.1, 0.15) is 5.92 Å². The summed E-state index contributed by atoms with van der Waals surface area (Å²) in [5.74, 6) is -1.99. The third kappa shape index (κ3) is 3.19. The van der Waals surface area contributed by atoms with Crippen LogP contribution in [0.5, 0.6) is 0 Å². The fraction of sp³-hybridized carbons (Fsp3) is 0.583. The van der Waals surface area contributed by atoms with E-state index in [0.717, 1.165) is 0 Å². The zero-order valence-corrected chi connectivity index (χ0v) is 10.8. The maximum Gasteiger partial charge on any atom is 0.400 e. The van der Waals surface area contributed by atoms with E-state index >= 15 is 0 Å². The number of halogens is 4. The van der Waals surface area contributed by atoms with Gasteiger partial charge in [-0.2, -0.15) is 13.2 Å². The summed E-state index contributed by atoms with van der Waals surface area (Å²) in [6, 6.07) is 2.58. The molecule has 1 fully saturated rings. The molecule has 0 aliphatic carbocycles. The first kappa shape index (κ1) is 14.6. The van der Waals surface area contributed by atoms with Crippen molar-refractivity contribution in [2.45, 2.75) is 30.5 Å². The maximum absolute atomic E-state index is 13.3. The van der Waals surface area contributed by atoms with Gasteiger partial charge in [-0.15, -0.1) is 0 Å². The second-order valence-corrected chi connectivity index (χ2v) is 5.17. The van der Waals surface area contributed by atoms with Crippen molar-refractivity contribution < 1.29 is 18.3 Å². The Balaban J connectivity index is 2.38. The lowest BCUT2D eigenvalue weighted by atomic mass is 9.77. The van der Waals surface area contributed by atoms with Gasteiger partial charge in [0.15, 0.2) is 0 Å². The lowest BCUT2D eigenvalue weighted by Crippen LogP contribution is -2.50. The molecular weight excluding hydrogens is 281 g/mol. The summed E-state index contributed by atoms with van der Waals surface area (Å²) in [7, 11) is 0. The number of aromatic nitrogens is 1. The van der Waals surface area contributed by atoms with Crippen LogP contribution in [0.1, 0.15) is 24.5 Å². The molecule has 7 heteroatoms. The molecule has 0 radical (unpaired) electrons.